The van der Waals surface area contributed by atoms with Crippen molar-refractivity contribution in [3.8, 4) is 0 Å². The number of aliphatic hydroxyl groups excluding tert-OH is 1. The predicted octanol–water partition coefficient (Wildman–Crippen LogP) is 1.57. The van der Waals surface area contributed by atoms with Crippen molar-refractivity contribution in [2.75, 3.05) is 13.1 Å². The molecule has 0 aromatic carbocycles. The average Bonchev–Trinajstić information content (AvgIpc) is 2.72. The van der Waals surface area contributed by atoms with Crippen LogP contribution in [-0.4, -0.2) is 39.3 Å². The molecule has 1 aromatic rings. The van der Waals surface area contributed by atoms with Crippen molar-refractivity contribution in [1.82, 2.24) is 15.0 Å². The van der Waals surface area contributed by atoms with Gasteiger partial charge in [-0.05, 0) is 18.9 Å². The Morgan fingerprint density at radius 2 is 2.17 bits per heavy atom. The van der Waals surface area contributed by atoms with E-state index >= 15 is 0 Å². The van der Waals surface area contributed by atoms with Gasteiger partial charge in [0.1, 0.15) is 0 Å². The highest BCUT2D eigenvalue weighted by atomic mass is 16.5. The van der Waals surface area contributed by atoms with E-state index in [9.17, 15) is 5.11 Å². The van der Waals surface area contributed by atoms with Gasteiger partial charge in [0.2, 0.25) is 5.89 Å². The van der Waals surface area contributed by atoms with E-state index < -0.39 is 0 Å². The maximum atomic E-state index is 9.85. The monoisotopic (exact) mass is 253 g/mol. The van der Waals surface area contributed by atoms with Gasteiger partial charge in [0.05, 0.1) is 12.6 Å². The maximum Gasteiger partial charge on any atom is 0.232 e. The first kappa shape index (κ1) is 13.5. The van der Waals surface area contributed by atoms with E-state index in [0.717, 1.165) is 13.0 Å². The molecule has 0 bridgehead atoms. The fourth-order valence-corrected chi connectivity index (χ4v) is 2.08. The Morgan fingerprint density at radius 1 is 1.44 bits per heavy atom. The summed E-state index contributed by atoms with van der Waals surface area (Å²) in [6, 6.07) is 0. The van der Waals surface area contributed by atoms with E-state index in [1.165, 1.54) is 0 Å². The molecule has 2 atom stereocenters. The van der Waals surface area contributed by atoms with Crippen molar-refractivity contribution >= 4 is 0 Å². The van der Waals surface area contributed by atoms with Crippen molar-refractivity contribution in [2.45, 2.75) is 52.2 Å². The molecule has 1 fully saturated rings. The number of β-amino-alcohol motifs (C(OH)–C–C–N with tert-alkyl or cyclic N) is 1. The van der Waals surface area contributed by atoms with Crippen molar-refractivity contribution in [1.29, 1.82) is 0 Å². The Bertz CT molecular complexity index is 397. The standard InChI is InChI=1S/C13H23N3O2/c1-9-5-6-16(7-10(9)17)8-11-14-12(18-15-11)13(2,3)4/h9-10,17H,5-8H2,1-4H3. The third kappa shape index (κ3) is 3.09. The Kier molecular flexibility index (Phi) is 3.73. The van der Waals surface area contributed by atoms with Crippen molar-refractivity contribution < 1.29 is 9.63 Å². The molecule has 1 aliphatic rings. The zero-order valence-electron chi connectivity index (χ0n) is 11.7. The zero-order chi connectivity index (χ0) is 13.3. The molecule has 1 aliphatic heterocycles. The Balaban J connectivity index is 1.96. The highest BCUT2D eigenvalue weighted by molar-refractivity contribution is 4.98. The van der Waals surface area contributed by atoms with E-state index in [2.05, 4.69) is 42.7 Å². The van der Waals surface area contributed by atoms with Gasteiger partial charge < -0.3 is 9.63 Å². The molecule has 1 N–H and O–H groups in total. The number of nitrogens with zero attached hydrogens (tertiary/aromatic N) is 3. The fourth-order valence-electron chi connectivity index (χ4n) is 2.08. The Hall–Kier alpha value is -0.940. The third-order valence-electron chi connectivity index (χ3n) is 3.48. The summed E-state index contributed by atoms with van der Waals surface area (Å²) in [5.41, 5.74) is -0.110. The van der Waals surface area contributed by atoms with Crippen LogP contribution in [0.25, 0.3) is 0 Å². The Labute approximate surface area is 108 Å². The number of piperidine rings is 1. The fraction of sp³-hybridized carbons (Fsp3) is 0.846. The summed E-state index contributed by atoms with van der Waals surface area (Å²) < 4.78 is 5.27. The molecule has 0 amide bonds. The highest BCUT2D eigenvalue weighted by Gasteiger charge is 2.26. The van der Waals surface area contributed by atoms with Crippen LogP contribution in [0.1, 0.15) is 45.8 Å². The van der Waals surface area contributed by atoms with Crippen molar-refractivity contribution in [2.24, 2.45) is 5.92 Å². The van der Waals surface area contributed by atoms with Gasteiger partial charge in [0.25, 0.3) is 0 Å². The molecular formula is C13H23N3O2. The second-order valence-electron chi connectivity index (χ2n) is 6.33. The molecule has 2 heterocycles. The number of aliphatic hydroxyl groups is 1. The van der Waals surface area contributed by atoms with Crippen LogP contribution < -0.4 is 0 Å². The van der Waals surface area contributed by atoms with Crippen LogP contribution in [0.3, 0.4) is 0 Å². The lowest BCUT2D eigenvalue weighted by atomic mass is 9.96. The lowest BCUT2D eigenvalue weighted by molar-refractivity contribution is 0.0246. The predicted molar refractivity (Wildman–Crippen MR) is 68.1 cm³/mol. The summed E-state index contributed by atoms with van der Waals surface area (Å²) in [5, 5.41) is 13.9. The van der Waals surface area contributed by atoms with Gasteiger partial charge in [0.15, 0.2) is 5.82 Å². The summed E-state index contributed by atoms with van der Waals surface area (Å²) in [4.78, 5) is 6.60. The molecule has 0 spiro atoms. The van der Waals surface area contributed by atoms with Gasteiger partial charge in [-0.25, -0.2) is 0 Å². The normalized spacial score (nSPS) is 26.5. The summed E-state index contributed by atoms with van der Waals surface area (Å²) in [7, 11) is 0. The smallest absolute Gasteiger partial charge is 0.232 e. The minimum absolute atomic E-state index is 0.110. The van der Waals surface area contributed by atoms with Crippen LogP contribution in [0.15, 0.2) is 4.52 Å². The van der Waals surface area contributed by atoms with Gasteiger partial charge in [-0.2, -0.15) is 4.98 Å². The molecule has 1 saturated heterocycles. The molecule has 2 rings (SSSR count). The first-order valence-electron chi connectivity index (χ1n) is 6.60. The van der Waals surface area contributed by atoms with Crippen LogP contribution in [0, 0.1) is 5.92 Å². The van der Waals surface area contributed by atoms with Gasteiger partial charge in [0, 0.05) is 12.0 Å². The van der Waals surface area contributed by atoms with Gasteiger partial charge in [-0.3, -0.25) is 4.90 Å². The van der Waals surface area contributed by atoms with Crippen LogP contribution in [-0.2, 0) is 12.0 Å². The summed E-state index contributed by atoms with van der Waals surface area (Å²) in [5.74, 6) is 1.77. The molecule has 18 heavy (non-hydrogen) atoms. The summed E-state index contributed by atoms with van der Waals surface area (Å²) in [6.45, 7) is 10.6. The maximum absolute atomic E-state index is 9.85. The molecule has 2 unspecified atom stereocenters. The van der Waals surface area contributed by atoms with Crippen LogP contribution in [0.5, 0.6) is 0 Å². The first-order chi connectivity index (χ1) is 8.36. The molecule has 0 saturated carbocycles. The molecule has 102 valence electrons. The molecule has 0 radical (unpaired) electrons. The molecule has 1 aromatic heterocycles. The number of hydrogen-bond acceptors (Lipinski definition) is 5. The van der Waals surface area contributed by atoms with Crippen LogP contribution in [0.2, 0.25) is 0 Å². The van der Waals surface area contributed by atoms with Gasteiger partial charge in [-0.1, -0.05) is 32.9 Å². The molecule has 0 aliphatic carbocycles. The quantitative estimate of drug-likeness (QED) is 0.867. The van der Waals surface area contributed by atoms with Crippen LogP contribution >= 0.6 is 0 Å². The summed E-state index contributed by atoms with van der Waals surface area (Å²) in [6.07, 6.45) is 0.776. The topological polar surface area (TPSA) is 62.4 Å². The third-order valence-corrected chi connectivity index (χ3v) is 3.48. The first-order valence-corrected chi connectivity index (χ1v) is 6.60. The van der Waals surface area contributed by atoms with E-state index in [-0.39, 0.29) is 11.5 Å². The second-order valence-corrected chi connectivity index (χ2v) is 6.33. The Morgan fingerprint density at radius 3 is 2.72 bits per heavy atom. The largest absolute Gasteiger partial charge is 0.392 e. The highest BCUT2D eigenvalue weighted by Crippen LogP contribution is 2.21. The van der Waals surface area contributed by atoms with Crippen LogP contribution in [0.4, 0.5) is 0 Å². The van der Waals surface area contributed by atoms with Crippen molar-refractivity contribution in [3.63, 3.8) is 0 Å². The lowest BCUT2D eigenvalue weighted by Gasteiger charge is -2.33. The number of aromatic nitrogens is 2. The molecular weight excluding hydrogens is 230 g/mol. The van der Waals surface area contributed by atoms with E-state index in [0.29, 0.717) is 30.7 Å². The minimum Gasteiger partial charge on any atom is -0.392 e. The van der Waals surface area contributed by atoms with E-state index in [1.807, 2.05) is 0 Å². The zero-order valence-corrected chi connectivity index (χ0v) is 11.7. The summed E-state index contributed by atoms with van der Waals surface area (Å²) >= 11 is 0. The van der Waals surface area contributed by atoms with E-state index in [1.54, 1.807) is 0 Å². The van der Waals surface area contributed by atoms with Crippen molar-refractivity contribution in [3.05, 3.63) is 11.7 Å². The number of hydrogen-bond donors (Lipinski definition) is 1. The minimum atomic E-state index is -0.243. The number of rotatable bonds is 2. The molecule has 5 nitrogen and oxygen atoms in total. The molecule has 5 heteroatoms. The lowest BCUT2D eigenvalue weighted by Crippen LogP contribution is -2.42. The average molecular weight is 253 g/mol. The van der Waals surface area contributed by atoms with Gasteiger partial charge >= 0.3 is 0 Å². The van der Waals surface area contributed by atoms with E-state index in [4.69, 9.17) is 4.52 Å². The second kappa shape index (κ2) is 4.97. The van der Waals surface area contributed by atoms with Gasteiger partial charge in [-0.15, -0.1) is 0 Å². The number of likely N-dealkylation sites (tertiary alicyclic amines) is 1. The SMILES string of the molecule is CC1CCN(Cc2noc(C(C)(C)C)n2)CC1O.